The summed E-state index contributed by atoms with van der Waals surface area (Å²) in [6.07, 6.45) is 11.1. The van der Waals surface area contributed by atoms with Gasteiger partial charge in [0.1, 0.15) is 0 Å². The first-order chi connectivity index (χ1) is 11.0. The SMILES string of the molecule is CCCC[N+](CCCC)(CCCC)CCCC.[C-]#[O+].[Cl][Pt]([Cl])[Cl]. The second-order valence-electron chi connectivity index (χ2n) is 5.79. The van der Waals surface area contributed by atoms with Gasteiger partial charge in [-0.1, -0.05) is 53.4 Å². The van der Waals surface area contributed by atoms with Gasteiger partial charge in [-0.3, -0.25) is 0 Å². The number of hydrogen-bond donors (Lipinski definition) is 0. The second kappa shape index (κ2) is 23.3. The van der Waals surface area contributed by atoms with E-state index in [0.717, 1.165) is 0 Å². The van der Waals surface area contributed by atoms with Gasteiger partial charge in [0.2, 0.25) is 0 Å². The summed E-state index contributed by atoms with van der Waals surface area (Å²) in [6, 6.07) is 0. The molecular formula is C17H36Cl3NOPt+. The van der Waals surface area contributed by atoms with Crippen molar-refractivity contribution in [3.63, 3.8) is 0 Å². The van der Waals surface area contributed by atoms with E-state index in [9.17, 15) is 0 Å². The van der Waals surface area contributed by atoms with Crippen molar-refractivity contribution in [3.8, 4) is 0 Å². The fourth-order valence-corrected chi connectivity index (χ4v) is 2.64. The molecule has 0 saturated carbocycles. The van der Waals surface area contributed by atoms with E-state index in [4.69, 9.17) is 32.9 Å². The van der Waals surface area contributed by atoms with Crippen molar-refractivity contribution in [1.82, 2.24) is 0 Å². The van der Waals surface area contributed by atoms with Crippen molar-refractivity contribution in [1.29, 1.82) is 0 Å². The van der Waals surface area contributed by atoms with Crippen molar-refractivity contribution in [2.75, 3.05) is 26.2 Å². The molecule has 23 heavy (non-hydrogen) atoms. The summed E-state index contributed by atoms with van der Waals surface area (Å²) in [7, 11) is 14.9. The van der Waals surface area contributed by atoms with Crippen LogP contribution in [0.4, 0.5) is 0 Å². The van der Waals surface area contributed by atoms with Gasteiger partial charge in [-0.05, 0) is 25.7 Å². The Morgan fingerprint density at radius 3 is 0.957 bits per heavy atom. The molecule has 0 saturated heterocycles. The zero-order valence-electron chi connectivity index (χ0n) is 15.3. The van der Waals surface area contributed by atoms with E-state index in [2.05, 4.69) is 34.3 Å². The molecule has 0 aliphatic heterocycles. The van der Waals surface area contributed by atoms with Gasteiger partial charge in [-0.2, -0.15) is 0 Å². The van der Waals surface area contributed by atoms with Gasteiger partial charge in [0.15, 0.2) is 0 Å². The summed E-state index contributed by atoms with van der Waals surface area (Å²) in [6.45, 7) is 19.5. The van der Waals surface area contributed by atoms with E-state index >= 15 is 0 Å². The van der Waals surface area contributed by atoms with E-state index in [0.29, 0.717) is 0 Å². The van der Waals surface area contributed by atoms with Crippen LogP contribution in [0.3, 0.4) is 0 Å². The van der Waals surface area contributed by atoms with Gasteiger partial charge < -0.3 is 4.48 Å². The molecule has 145 valence electrons. The molecule has 0 heterocycles. The summed E-state index contributed by atoms with van der Waals surface area (Å²) in [5, 5.41) is 0. The Balaban J connectivity index is -0.000000574. The molecule has 0 N–H and O–H groups in total. The summed E-state index contributed by atoms with van der Waals surface area (Å²) in [5.41, 5.74) is 0. The van der Waals surface area contributed by atoms with Crippen molar-refractivity contribution in [2.24, 2.45) is 0 Å². The number of hydrogen-bond acceptors (Lipinski definition) is 0. The zero-order chi connectivity index (χ0) is 18.6. The summed E-state index contributed by atoms with van der Waals surface area (Å²) in [4.78, 5) is 0. The molecular weight excluding hydrogens is 536 g/mol. The number of quaternary nitrogens is 1. The first-order valence-corrected chi connectivity index (χ1v) is 17.1. The van der Waals surface area contributed by atoms with Crippen LogP contribution in [-0.4, -0.2) is 30.7 Å². The van der Waals surface area contributed by atoms with E-state index < -0.39 is 14.2 Å². The van der Waals surface area contributed by atoms with Crippen molar-refractivity contribution in [3.05, 3.63) is 6.65 Å². The first-order valence-electron chi connectivity index (χ1n) is 8.66. The Labute approximate surface area is 162 Å². The van der Waals surface area contributed by atoms with Crippen molar-refractivity contribution >= 4 is 28.3 Å². The minimum atomic E-state index is -1.85. The molecule has 0 radical (unpaired) electrons. The molecule has 0 spiro atoms. The number of nitrogens with zero attached hydrogens (tertiary/aromatic N) is 1. The van der Waals surface area contributed by atoms with Crippen LogP contribution < -0.4 is 0 Å². The Kier molecular flexibility index (Phi) is 29.4. The number of halogens is 3. The first kappa shape index (κ1) is 29.0. The second-order valence-corrected chi connectivity index (χ2v) is 15.6. The third-order valence-electron chi connectivity index (χ3n) is 3.94. The average Bonchev–Trinajstić information content (AvgIpc) is 2.55. The number of unbranched alkanes of at least 4 members (excludes halogenated alkanes) is 4. The monoisotopic (exact) mass is 570 g/mol. The molecule has 0 aromatic heterocycles. The number of rotatable bonds is 12. The van der Waals surface area contributed by atoms with Crippen LogP contribution in [0.15, 0.2) is 0 Å². The third-order valence-corrected chi connectivity index (χ3v) is 3.94. The van der Waals surface area contributed by atoms with E-state index in [1.54, 1.807) is 0 Å². The molecule has 0 amide bonds. The van der Waals surface area contributed by atoms with Gasteiger partial charge in [0.05, 0.1) is 26.2 Å². The van der Waals surface area contributed by atoms with Crippen molar-refractivity contribution < 1.29 is 23.3 Å². The molecule has 0 aliphatic rings. The maximum absolute atomic E-state index is 7.50. The van der Waals surface area contributed by atoms with Crippen LogP contribution in [0.1, 0.15) is 79.1 Å². The molecule has 0 aliphatic carbocycles. The molecule has 6 heteroatoms. The summed E-state index contributed by atoms with van der Waals surface area (Å²) < 4.78 is 8.92. The standard InChI is InChI=1S/C16H36N.CO.3ClH.Pt/c1-5-9-13-17(14-10-6-2,15-11-7-3)16-12-8-4;1-2;;;;/h5-16H2,1-4H3;;3*1H;/q+1;;;;;+3/p-3. The summed E-state index contributed by atoms with van der Waals surface area (Å²) >= 11 is -1.85. The molecule has 0 bridgehead atoms. The van der Waals surface area contributed by atoms with Crippen LogP contribution >= 0.6 is 28.3 Å². The third kappa shape index (κ3) is 23.3. The molecule has 0 fully saturated rings. The van der Waals surface area contributed by atoms with Crippen molar-refractivity contribution in [2.45, 2.75) is 79.1 Å². The Hall–Kier alpha value is 1.26. The predicted octanol–water partition coefficient (Wildman–Crippen LogP) is 7.03. The van der Waals surface area contributed by atoms with Crippen LogP contribution in [0, 0.1) is 6.65 Å². The van der Waals surface area contributed by atoms with Gasteiger partial charge in [0.25, 0.3) is 0 Å². The van der Waals surface area contributed by atoms with E-state index in [-0.39, 0.29) is 0 Å². The molecule has 0 aromatic rings. The predicted molar refractivity (Wildman–Crippen MR) is 101 cm³/mol. The maximum atomic E-state index is 7.50. The molecule has 0 atom stereocenters. The fraction of sp³-hybridized carbons (Fsp3) is 0.941. The average molecular weight is 572 g/mol. The Bertz CT molecular complexity index is 201. The molecule has 0 unspecified atom stereocenters. The Morgan fingerprint density at radius 1 is 0.652 bits per heavy atom. The van der Waals surface area contributed by atoms with Gasteiger partial charge in [-0.25, -0.2) is 0 Å². The van der Waals surface area contributed by atoms with Gasteiger partial charge >= 0.3 is 53.7 Å². The summed E-state index contributed by atoms with van der Waals surface area (Å²) in [5.74, 6) is 0. The quantitative estimate of drug-likeness (QED) is 0.136. The van der Waals surface area contributed by atoms with Gasteiger partial charge in [-0.15, -0.1) is 0 Å². The van der Waals surface area contributed by atoms with Crippen LogP contribution in [-0.2, 0) is 18.8 Å². The minimum absolute atomic E-state index is 1.35. The van der Waals surface area contributed by atoms with E-state index in [1.165, 1.54) is 82.0 Å². The topological polar surface area (TPSA) is 19.9 Å². The molecule has 0 rings (SSSR count). The fourth-order valence-electron chi connectivity index (χ4n) is 2.64. The molecule has 2 nitrogen and oxygen atoms in total. The Morgan fingerprint density at radius 2 is 0.826 bits per heavy atom. The normalized spacial score (nSPS) is 10.9. The van der Waals surface area contributed by atoms with Crippen LogP contribution in [0.5, 0.6) is 0 Å². The van der Waals surface area contributed by atoms with Crippen LogP contribution in [0.25, 0.3) is 0 Å². The molecule has 0 aromatic carbocycles. The van der Waals surface area contributed by atoms with E-state index in [1.807, 2.05) is 0 Å². The zero-order valence-corrected chi connectivity index (χ0v) is 19.8. The van der Waals surface area contributed by atoms with Gasteiger partial charge in [0, 0.05) is 0 Å². The van der Waals surface area contributed by atoms with Crippen LogP contribution in [0.2, 0.25) is 0 Å².